The van der Waals surface area contributed by atoms with Crippen molar-refractivity contribution in [3.63, 3.8) is 0 Å². The Morgan fingerprint density at radius 1 is 1.59 bits per heavy atom. The average molecular weight is 238 g/mol. The highest BCUT2D eigenvalue weighted by Crippen LogP contribution is 2.21. The molecule has 5 heteroatoms. The van der Waals surface area contributed by atoms with E-state index in [0.29, 0.717) is 38.1 Å². The van der Waals surface area contributed by atoms with E-state index in [1.165, 1.54) is 0 Å². The fraction of sp³-hybridized carbons (Fsp3) is 0.667. The number of rotatable bonds is 3. The summed E-state index contributed by atoms with van der Waals surface area (Å²) >= 11 is 0. The first-order chi connectivity index (χ1) is 8.17. The van der Waals surface area contributed by atoms with Gasteiger partial charge in [-0.15, -0.1) is 0 Å². The third-order valence-corrected chi connectivity index (χ3v) is 3.02. The van der Waals surface area contributed by atoms with Crippen LogP contribution in [0.15, 0.2) is 0 Å². The summed E-state index contributed by atoms with van der Waals surface area (Å²) in [7, 11) is 0. The Hall–Kier alpha value is -1.36. The lowest BCUT2D eigenvalue weighted by Crippen LogP contribution is -2.27. The maximum Gasteiger partial charge on any atom is 0.356 e. The third kappa shape index (κ3) is 2.20. The van der Waals surface area contributed by atoms with Gasteiger partial charge in [0.05, 0.1) is 24.9 Å². The summed E-state index contributed by atoms with van der Waals surface area (Å²) in [5, 5.41) is 9.67. The zero-order chi connectivity index (χ0) is 12.4. The second-order valence-electron chi connectivity index (χ2n) is 4.20. The lowest BCUT2D eigenvalue weighted by atomic mass is 10.1. The average Bonchev–Trinajstić information content (AvgIpc) is 2.66. The number of aryl methyl sites for hydroxylation is 2. The van der Waals surface area contributed by atoms with E-state index in [2.05, 4.69) is 4.98 Å². The van der Waals surface area contributed by atoms with Crippen LogP contribution in [0.5, 0.6) is 0 Å². The van der Waals surface area contributed by atoms with E-state index in [-0.39, 0.29) is 5.97 Å². The number of aliphatic hydroxyl groups is 1. The fourth-order valence-electron chi connectivity index (χ4n) is 2.21. The molecule has 2 rings (SSSR count). The molecule has 0 aromatic carbocycles. The van der Waals surface area contributed by atoms with E-state index in [1.54, 1.807) is 6.92 Å². The van der Waals surface area contributed by atoms with E-state index in [0.717, 1.165) is 11.5 Å². The molecule has 1 aromatic rings. The maximum atomic E-state index is 11.9. The summed E-state index contributed by atoms with van der Waals surface area (Å²) in [4.78, 5) is 16.4. The number of imidazole rings is 1. The number of aliphatic hydroxyl groups excluding tert-OH is 1. The maximum absolute atomic E-state index is 11.9. The standard InChI is InChI=1S/C12H18N2O3/c1-3-9-11(12(16)17-4-2)14-7-8(15)5-6-10(14)13-9/h8,15H,3-7H2,1-2H3/t8-/m0/s1. The molecule has 1 N–H and O–H groups in total. The number of carbonyl (C=O) groups is 1. The Balaban J connectivity index is 2.41. The van der Waals surface area contributed by atoms with Crippen molar-refractivity contribution >= 4 is 5.97 Å². The summed E-state index contributed by atoms with van der Waals surface area (Å²) in [6.07, 6.45) is 1.73. The van der Waals surface area contributed by atoms with Gasteiger partial charge in [-0.05, 0) is 19.8 Å². The molecule has 0 amide bonds. The van der Waals surface area contributed by atoms with Gasteiger partial charge < -0.3 is 14.4 Å². The van der Waals surface area contributed by atoms with E-state index in [4.69, 9.17) is 4.74 Å². The third-order valence-electron chi connectivity index (χ3n) is 3.02. The molecule has 0 aliphatic carbocycles. The zero-order valence-electron chi connectivity index (χ0n) is 10.3. The van der Waals surface area contributed by atoms with Gasteiger partial charge in [0.1, 0.15) is 5.82 Å². The summed E-state index contributed by atoms with van der Waals surface area (Å²) < 4.78 is 6.86. The molecule has 1 aromatic heterocycles. The second kappa shape index (κ2) is 4.87. The number of hydrogen-bond donors (Lipinski definition) is 1. The molecule has 0 fully saturated rings. The lowest BCUT2D eigenvalue weighted by molar-refractivity contribution is 0.0503. The SMILES string of the molecule is CCOC(=O)c1c(CC)nc2n1C[C@@H](O)CC2. The minimum atomic E-state index is -0.394. The predicted octanol–water partition coefficient (Wildman–Crippen LogP) is 0.929. The number of carbonyl (C=O) groups excluding carboxylic acids is 1. The van der Waals surface area contributed by atoms with Crippen molar-refractivity contribution in [1.82, 2.24) is 9.55 Å². The normalized spacial score (nSPS) is 18.9. The lowest BCUT2D eigenvalue weighted by Gasteiger charge is -2.20. The van der Waals surface area contributed by atoms with Crippen molar-refractivity contribution in [3.05, 3.63) is 17.2 Å². The molecule has 94 valence electrons. The van der Waals surface area contributed by atoms with E-state index in [9.17, 15) is 9.90 Å². The van der Waals surface area contributed by atoms with Crippen LogP contribution in [0.25, 0.3) is 0 Å². The molecular weight excluding hydrogens is 220 g/mol. The number of aromatic nitrogens is 2. The van der Waals surface area contributed by atoms with E-state index >= 15 is 0 Å². The molecule has 17 heavy (non-hydrogen) atoms. The minimum absolute atomic E-state index is 0.336. The summed E-state index contributed by atoms with van der Waals surface area (Å²) in [6.45, 7) is 4.54. The molecule has 0 spiro atoms. The van der Waals surface area contributed by atoms with Crippen molar-refractivity contribution in [2.45, 2.75) is 45.8 Å². The monoisotopic (exact) mass is 238 g/mol. The largest absolute Gasteiger partial charge is 0.461 e. The molecule has 0 bridgehead atoms. The minimum Gasteiger partial charge on any atom is -0.461 e. The Morgan fingerprint density at radius 2 is 2.35 bits per heavy atom. The molecule has 0 radical (unpaired) electrons. The number of nitrogens with zero attached hydrogens (tertiary/aromatic N) is 2. The van der Waals surface area contributed by atoms with Crippen LogP contribution in [-0.4, -0.2) is 33.3 Å². The topological polar surface area (TPSA) is 64.3 Å². The van der Waals surface area contributed by atoms with Crippen molar-refractivity contribution in [3.8, 4) is 0 Å². The number of esters is 1. The highest BCUT2D eigenvalue weighted by atomic mass is 16.5. The van der Waals surface area contributed by atoms with Crippen LogP contribution in [0.2, 0.25) is 0 Å². The number of fused-ring (bicyclic) bond motifs is 1. The van der Waals surface area contributed by atoms with Gasteiger partial charge in [0.25, 0.3) is 0 Å². The van der Waals surface area contributed by atoms with Gasteiger partial charge in [-0.25, -0.2) is 9.78 Å². The van der Waals surface area contributed by atoms with Crippen LogP contribution >= 0.6 is 0 Å². The number of hydrogen-bond acceptors (Lipinski definition) is 4. The molecule has 1 atom stereocenters. The summed E-state index contributed by atoms with van der Waals surface area (Å²) in [5.41, 5.74) is 1.29. The van der Waals surface area contributed by atoms with Gasteiger partial charge in [-0.1, -0.05) is 6.92 Å². The zero-order valence-corrected chi connectivity index (χ0v) is 10.3. The van der Waals surface area contributed by atoms with Crippen LogP contribution in [0.4, 0.5) is 0 Å². The molecule has 1 aliphatic rings. The van der Waals surface area contributed by atoms with Gasteiger partial charge in [-0.3, -0.25) is 0 Å². The first kappa shape index (κ1) is 12.1. The van der Waals surface area contributed by atoms with E-state index < -0.39 is 6.10 Å². The van der Waals surface area contributed by atoms with Crippen molar-refractivity contribution in [2.24, 2.45) is 0 Å². The summed E-state index contributed by atoms with van der Waals surface area (Å²) in [6, 6.07) is 0. The van der Waals surface area contributed by atoms with Crippen molar-refractivity contribution in [2.75, 3.05) is 6.61 Å². The fourth-order valence-corrected chi connectivity index (χ4v) is 2.21. The summed E-state index contributed by atoms with van der Waals surface area (Å²) in [5.74, 6) is 0.549. The Morgan fingerprint density at radius 3 is 3.00 bits per heavy atom. The molecular formula is C12H18N2O3. The predicted molar refractivity (Wildman–Crippen MR) is 61.9 cm³/mol. The van der Waals surface area contributed by atoms with Crippen LogP contribution in [-0.2, 0) is 24.1 Å². The first-order valence-corrected chi connectivity index (χ1v) is 6.10. The Labute approximate surface area is 100 Å². The van der Waals surface area contributed by atoms with E-state index in [1.807, 2.05) is 11.5 Å². The smallest absolute Gasteiger partial charge is 0.356 e. The number of ether oxygens (including phenoxy) is 1. The Bertz CT molecular complexity index is 426. The molecule has 0 saturated heterocycles. The highest BCUT2D eigenvalue weighted by Gasteiger charge is 2.27. The van der Waals surface area contributed by atoms with Crippen LogP contribution < -0.4 is 0 Å². The molecule has 1 aliphatic heterocycles. The van der Waals surface area contributed by atoms with Crippen LogP contribution in [0.3, 0.4) is 0 Å². The van der Waals surface area contributed by atoms with Gasteiger partial charge in [0, 0.05) is 6.42 Å². The van der Waals surface area contributed by atoms with Gasteiger partial charge >= 0.3 is 5.97 Å². The van der Waals surface area contributed by atoms with Crippen LogP contribution in [0.1, 0.15) is 42.3 Å². The first-order valence-electron chi connectivity index (χ1n) is 6.10. The highest BCUT2D eigenvalue weighted by molar-refractivity contribution is 5.89. The molecule has 0 unspecified atom stereocenters. The molecule has 5 nitrogen and oxygen atoms in total. The van der Waals surface area contributed by atoms with Gasteiger partial charge in [0.15, 0.2) is 5.69 Å². The van der Waals surface area contributed by atoms with Crippen molar-refractivity contribution in [1.29, 1.82) is 0 Å². The van der Waals surface area contributed by atoms with Gasteiger partial charge in [0.2, 0.25) is 0 Å². The van der Waals surface area contributed by atoms with Crippen LogP contribution in [0, 0.1) is 0 Å². The van der Waals surface area contributed by atoms with Gasteiger partial charge in [-0.2, -0.15) is 0 Å². The quantitative estimate of drug-likeness (QED) is 0.796. The molecule has 0 saturated carbocycles. The van der Waals surface area contributed by atoms with Crippen molar-refractivity contribution < 1.29 is 14.6 Å². The molecule has 2 heterocycles. The Kier molecular flexibility index (Phi) is 3.47. The second-order valence-corrected chi connectivity index (χ2v) is 4.20.